The molecule has 1 amide bonds. The smallest absolute Gasteiger partial charge is 0.252 e. The maximum Gasteiger partial charge on any atom is 0.252 e. The van der Waals surface area contributed by atoms with E-state index in [2.05, 4.69) is 15.6 Å². The Morgan fingerprint density at radius 1 is 1.12 bits per heavy atom. The summed E-state index contributed by atoms with van der Waals surface area (Å²) in [5, 5.41) is 13.0. The first-order valence-electron chi connectivity index (χ1n) is 14.0. The van der Waals surface area contributed by atoms with E-state index in [1.165, 1.54) is 17.7 Å². The van der Waals surface area contributed by atoms with E-state index < -0.39 is 6.04 Å². The predicted octanol–water partition coefficient (Wildman–Crippen LogP) is 5.33. The maximum absolute atomic E-state index is 13.9. The van der Waals surface area contributed by atoms with Gasteiger partial charge in [-0.1, -0.05) is 22.8 Å². The van der Waals surface area contributed by atoms with E-state index in [0.29, 0.717) is 53.6 Å². The molecule has 2 atom stereocenters. The van der Waals surface area contributed by atoms with Crippen molar-refractivity contribution in [3.63, 3.8) is 0 Å². The molecule has 2 aliphatic heterocycles. The van der Waals surface area contributed by atoms with Gasteiger partial charge in [0.05, 0.1) is 30.6 Å². The molecule has 1 N–H and O–H groups in total. The Balaban J connectivity index is 1.39. The van der Waals surface area contributed by atoms with Crippen molar-refractivity contribution in [2.24, 2.45) is 12.2 Å². The summed E-state index contributed by atoms with van der Waals surface area (Å²) in [5.74, 6) is 0.113. The van der Waals surface area contributed by atoms with Crippen molar-refractivity contribution in [3.8, 4) is 16.9 Å². The topological polar surface area (TPSA) is 109 Å². The van der Waals surface area contributed by atoms with Gasteiger partial charge in [-0.05, 0) is 55.2 Å². The molecule has 2 aliphatic rings. The molecule has 0 radical (unpaired) electrons. The van der Waals surface area contributed by atoms with Crippen LogP contribution in [0.5, 0.6) is 5.75 Å². The van der Waals surface area contributed by atoms with E-state index in [0.717, 1.165) is 41.4 Å². The minimum absolute atomic E-state index is 0.146. The molecule has 0 bridgehead atoms. The lowest BCUT2D eigenvalue weighted by Gasteiger charge is -2.28. The van der Waals surface area contributed by atoms with Gasteiger partial charge in [-0.15, -0.1) is 0 Å². The van der Waals surface area contributed by atoms with Gasteiger partial charge in [0.15, 0.2) is 0 Å². The normalized spacial score (nSPS) is 17.5. The third-order valence-electron chi connectivity index (χ3n) is 7.74. The number of rotatable bonds is 8. The lowest BCUT2D eigenvalue weighted by Crippen LogP contribution is -2.36. The van der Waals surface area contributed by atoms with Gasteiger partial charge in [0, 0.05) is 66.0 Å². The molecule has 218 valence electrons. The number of oxime groups is 1. The van der Waals surface area contributed by atoms with E-state index in [-0.39, 0.29) is 17.6 Å². The number of benzene rings is 2. The minimum atomic E-state index is -0.834. The van der Waals surface area contributed by atoms with Crippen molar-refractivity contribution >= 4 is 39.8 Å². The molecule has 11 heteroatoms. The number of pyridine rings is 1. The zero-order valence-electron chi connectivity index (χ0n) is 23.5. The summed E-state index contributed by atoms with van der Waals surface area (Å²) in [6.45, 7) is 1.13. The Labute approximate surface area is 247 Å². The average molecular weight is 590 g/mol. The van der Waals surface area contributed by atoms with Crippen LogP contribution in [0.3, 0.4) is 0 Å². The first kappa shape index (κ1) is 28.0. The lowest BCUT2D eigenvalue weighted by atomic mass is 9.95. The van der Waals surface area contributed by atoms with Gasteiger partial charge in [-0.25, -0.2) is 0 Å². The van der Waals surface area contributed by atoms with Crippen LogP contribution >= 0.6 is 11.6 Å². The van der Waals surface area contributed by atoms with Gasteiger partial charge >= 0.3 is 0 Å². The number of aromatic nitrogens is 3. The molecule has 1 fully saturated rings. The Bertz CT molecular complexity index is 1720. The summed E-state index contributed by atoms with van der Waals surface area (Å²) in [5.41, 5.74) is 3.94. The van der Waals surface area contributed by atoms with E-state index in [1.807, 2.05) is 37.5 Å². The second kappa shape index (κ2) is 12.0. The number of hydrogen-bond donors (Lipinski definition) is 1. The number of hydrogen-bond acceptors (Lipinski definition) is 7. The number of halogens is 1. The fourth-order valence-electron chi connectivity index (χ4n) is 5.67. The van der Waals surface area contributed by atoms with Crippen LogP contribution in [0, 0.1) is 0 Å². The van der Waals surface area contributed by atoms with Gasteiger partial charge in [0.25, 0.3) is 5.56 Å². The summed E-state index contributed by atoms with van der Waals surface area (Å²) in [6.07, 6.45) is 7.16. The minimum Gasteiger partial charge on any atom is -0.495 e. The number of amides is 1. The Hall–Kier alpha value is -4.15. The van der Waals surface area contributed by atoms with Crippen LogP contribution in [0.2, 0.25) is 5.02 Å². The van der Waals surface area contributed by atoms with Crippen molar-refractivity contribution in [2.45, 2.75) is 44.2 Å². The number of carbonyl (C=O) groups excluding carboxylic acids is 1. The first-order valence-corrected chi connectivity index (χ1v) is 14.4. The molecule has 0 aliphatic carbocycles. The predicted molar refractivity (Wildman–Crippen MR) is 161 cm³/mol. The number of nitrogens with zero attached hydrogens (tertiary/aromatic N) is 4. The molecule has 4 heterocycles. The average Bonchev–Trinajstić information content (AvgIpc) is 3.65. The fraction of sp³-hybridized carbons (Fsp3) is 0.355. The van der Waals surface area contributed by atoms with Crippen molar-refractivity contribution in [3.05, 3.63) is 75.8 Å². The van der Waals surface area contributed by atoms with Crippen molar-refractivity contribution in [1.29, 1.82) is 0 Å². The molecule has 1 saturated heterocycles. The highest BCUT2D eigenvalue weighted by molar-refractivity contribution is 6.31. The summed E-state index contributed by atoms with van der Waals surface area (Å²) in [4.78, 5) is 32.9. The van der Waals surface area contributed by atoms with Gasteiger partial charge in [0.1, 0.15) is 18.4 Å². The largest absolute Gasteiger partial charge is 0.495 e. The number of aryl methyl sites for hydroxylation is 1. The standard InChI is InChI=1S/C31H32ClN5O5/c1-36-17-19-13-21(7-9-26(19)34-36)33-31(39)28(15-22-5-3-4-11-41-22)37-18-29(40-2)25(16-30(37)38)24-14-20(32)6-8-23(24)27-10-12-42-35-27/h6-9,13-14,16-18,22,28H,3-5,10-12,15H2,1-2H3,(H,33,39)/t22-,28?/m1/s1. The Morgan fingerprint density at radius 3 is 2.76 bits per heavy atom. The molecule has 2 aromatic heterocycles. The molecule has 2 aromatic carbocycles. The number of ether oxygens (including phenoxy) is 2. The highest BCUT2D eigenvalue weighted by atomic mass is 35.5. The number of nitrogens with one attached hydrogen (secondary N) is 1. The third-order valence-corrected chi connectivity index (χ3v) is 7.97. The number of fused-ring (bicyclic) bond motifs is 1. The molecule has 42 heavy (non-hydrogen) atoms. The number of anilines is 1. The zero-order chi connectivity index (χ0) is 29.2. The van der Waals surface area contributed by atoms with Crippen LogP contribution in [0.15, 0.2) is 64.8 Å². The number of methoxy groups -OCH3 is 1. The summed E-state index contributed by atoms with van der Waals surface area (Å²) >= 11 is 6.39. The van der Waals surface area contributed by atoms with E-state index >= 15 is 0 Å². The van der Waals surface area contributed by atoms with Gasteiger partial charge in [-0.2, -0.15) is 5.10 Å². The SMILES string of the molecule is COc1cn(C(C[C@H]2CCCCO2)C(=O)Nc2ccc3nn(C)cc3c2)c(=O)cc1-c1cc(Cl)ccc1C1=NOCC1. The van der Waals surface area contributed by atoms with Crippen LogP contribution in [-0.2, 0) is 21.4 Å². The monoisotopic (exact) mass is 589 g/mol. The molecule has 0 saturated carbocycles. The molecule has 6 rings (SSSR count). The molecule has 10 nitrogen and oxygen atoms in total. The van der Waals surface area contributed by atoms with Crippen molar-refractivity contribution < 1.29 is 19.1 Å². The highest BCUT2D eigenvalue weighted by Crippen LogP contribution is 2.35. The Kier molecular flexibility index (Phi) is 7.99. The van der Waals surface area contributed by atoms with E-state index in [1.54, 1.807) is 23.0 Å². The quantitative estimate of drug-likeness (QED) is 0.298. The van der Waals surface area contributed by atoms with Crippen LogP contribution in [0.25, 0.3) is 22.0 Å². The number of carbonyl (C=O) groups is 1. The van der Waals surface area contributed by atoms with Gasteiger partial charge in [0.2, 0.25) is 5.91 Å². The van der Waals surface area contributed by atoms with E-state index in [4.69, 9.17) is 25.9 Å². The zero-order valence-corrected chi connectivity index (χ0v) is 24.3. The second-order valence-electron chi connectivity index (χ2n) is 10.6. The Morgan fingerprint density at radius 2 is 2.00 bits per heavy atom. The molecule has 1 unspecified atom stereocenters. The van der Waals surface area contributed by atoms with Gasteiger partial charge < -0.3 is 19.6 Å². The van der Waals surface area contributed by atoms with E-state index in [9.17, 15) is 9.59 Å². The maximum atomic E-state index is 13.9. The van der Waals surface area contributed by atoms with Crippen LogP contribution in [-0.4, -0.2) is 52.4 Å². The van der Waals surface area contributed by atoms with Crippen LogP contribution in [0.1, 0.15) is 43.7 Å². The van der Waals surface area contributed by atoms with Crippen LogP contribution < -0.4 is 15.6 Å². The second-order valence-corrected chi connectivity index (χ2v) is 11.1. The van der Waals surface area contributed by atoms with Crippen molar-refractivity contribution in [2.75, 3.05) is 25.6 Å². The van der Waals surface area contributed by atoms with Crippen molar-refractivity contribution in [1.82, 2.24) is 14.3 Å². The fourth-order valence-corrected chi connectivity index (χ4v) is 5.85. The van der Waals surface area contributed by atoms with Gasteiger partial charge in [-0.3, -0.25) is 18.8 Å². The first-order chi connectivity index (χ1) is 20.4. The lowest BCUT2D eigenvalue weighted by molar-refractivity contribution is -0.121. The molecular weight excluding hydrogens is 558 g/mol. The third kappa shape index (κ3) is 5.77. The summed E-state index contributed by atoms with van der Waals surface area (Å²) in [7, 11) is 3.39. The molecule has 4 aromatic rings. The van der Waals surface area contributed by atoms with Crippen LogP contribution in [0.4, 0.5) is 5.69 Å². The summed E-state index contributed by atoms with van der Waals surface area (Å²) in [6, 6.07) is 11.6. The summed E-state index contributed by atoms with van der Waals surface area (Å²) < 4.78 is 15.0. The molecular formula is C31H32ClN5O5. The molecule has 0 spiro atoms. The highest BCUT2D eigenvalue weighted by Gasteiger charge is 2.29.